The Morgan fingerprint density at radius 2 is 2.06 bits per heavy atom. The zero-order valence-corrected chi connectivity index (χ0v) is 12.4. The highest BCUT2D eigenvalue weighted by Gasteiger charge is 2.14. The van der Waals surface area contributed by atoms with Crippen molar-refractivity contribution >= 4 is 11.6 Å². The van der Waals surface area contributed by atoms with Crippen LogP contribution < -0.4 is 0 Å². The summed E-state index contributed by atoms with van der Waals surface area (Å²) < 4.78 is 0. The van der Waals surface area contributed by atoms with Crippen LogP contribution in [-0.4, -0.2) is 22.6 Å². The van der Waals surface area contributed by atoms with Crippen molar-refractivity contribution in [2.24, 2.45) is 0 Å². The maximum atomic E-state index is 9.97. The maximum absolute atomic E-state index is 9.97. The quantitative estimate of drug-likeness (QED) is 0.791. The summed E-state index contributed by atoms with van der Waals surface area (Å²) in [5.41, 5.74) is 0.916. The van der Waals surface area contributed by atoms with E-state index in [0.29, 0.717) is 11.1 Å². The number of hydrogen-bond donors (Lipinski definition) is 1. The molecule has 1 N–H and O–H groups in total. The van der Waals surface area contributed by atoms with E-state index in [1.54, 1.807) is 6.07 Å². The number of hydrogen-bond acceptors (Lipinski definition) is 2. The van der Waals surface area contributed by atoms with E-state index in [-0.39, 0.29) is 5.75 Å². The normalized spacial score (nSPS) is 12.9. The molecule has 0 amide bonds. The number of phenols is 1. The van der Waals surface area contributed by atoms with E-state index >= 15 is 0 Å². The van der Waals surface area contributed by atoms with Gasteiger partial charge in [0.1, 0.15) is 5.75 Å². The molecule has 0 aliphatic heterocycles. The van der Waals surface area contributed by atoms with Crippen LogP contribution in [0, 0.1) is 0 Å². The lowest BCUT2D eigenvalue weighted by Gasteiger charge is -2.28. The van der Waals surface area contributed by atoms with Gasteiger partial charge in [-0.2, -0.15) is 0 Å². The van der Waals surface area contributed by atoms with Gasteiger partial charge in [0.2, 0.25) is 0 Å². The topological polar surface area (TPSA) is 23.5 Å². The van der Waals surface area contributed by atoms with Gasteiger partial charge >= 0.3 is 0 Å². The van der Waals surface area contributed by atoms with Gasteiger partial charge in [0, 0.05) is 18.2 Å². The SMILES string of the molecule is CCCCN(Cc1cccc(Cl)c1O)C(C)CC. The summed E-state index contributed by atoms with van der Waals surface area (Å²) in [5.74, 6) is 0.226. The third kappa shape index (κ3) is 4.18. The second-order valence-corrected chi connectivity index (χ2v) is 5.24. The number of rotatable bonds is 7. The lowest BCUT2D eigenvalue weighted by Crippen LogP contribution is -2.33. The predicted octanol–water partition coefficient (Wildman–Crippen LogP) is 4.45. The Kier molecular flexibility index (Phi) is 6.51. The van der Waals surface area contributed by atoms with Crippen LogP contribution in [0.25, 0.3) is 0 Å². The minimum Gasteiger partial charge on any atom is -0.506 e. The van der Waals surface area contributed by atoms with Gasteiger partial charge in [-0.1, -0.05) is 44.0 Å². The highest BCUT2D eigenvalue weighted by atomic mass is 35.5. The summed E-state index contributed by atoms with van der Waals surface area (Å²) in [6.45, 7) is 8.46. The molecule has 0 fully saturated rings. The summed E-state index contributed by atoms with van der Waals surface area (Å²) in [7, 11) is 0. The molecule has 0 spiro atoms. The van der Waals surface area contributed by atoms with Crippen LogP contribution in [0.3, 0.4) is 0 Å². The van der Waals surface area contributed by atoms with Crippen molar-refractivity contribution in [3.05, 3.63) is 28.8 Å². The summed E-state index contributed by atoms with van der Waals surface area (Å²) in [6.07, 6.45) is 3.49. The van der Waals surface area contributed by atoms with Crippen LogP contribution in [0.5, 0.6) is 5.75 Å². The molecule has 0 saturated carbocycles. The van der Waals surface area contributed by atoms with E-state index < -0.39 is 0 Å². The van der Waals surface area contributed by atoms with Crippen LogP contribution in [-0.2, 0) is 6.54 Å². The third-order valence-corrected chi connectivity index (χ3v) is 3.76. The highest BCUT2D eigenvalue weighted by Crippen LogP contribution is 2.28. The van der Waals surface area contributed by atoms with Crippen molar-refractivity contribution in [2.75, 3.05) is 6.54 Å². The van der Waals surface area contributed by atoms with Gasteiger partial charge in [-0.05, 0) is 32.4 Å². The van der Waals surface area contributed by atoms with Crippen molar-refractivity contribution in [1.29, 1.82) is 0 Å². The van der Waals surface area contributed by atoms with Crippen molar-refractivity contribution < 1.29 is 5.11 Å². The van der Waals surface area contributed by atoms with Crippen molar-refractivity contribution in [3.63, 3.8) is 0 Å². The van der Waals surface area contributed by atoms with E-state index in [0.717, 1.165) is 25.1 Å². The van der Waals surface area contributed by atoms with Crippen molar-refractivity contribution in [2.45, 2.75) is 52.6 Å². The number of nitrogens with zero attached hydrogens (tertiary/aromatic N) is 1. The summed E-state index contributed by atoms with van der Waals surface area (Å²) in [4.78, 5) is 2.41. The van der Waals surface area contributed by atoms with Crippen LogP contribution in [0.15, 0.2) is 18.2 Å². The van der Waals surface area contributed by atoms with E-state index in [2.05, 4.69) is 25.7 Å². The molecule has 0 radical (unpaired) electrons. The van der Waals surface area contributed by atoms with Crippen molar-refractivity contribution in [3.8, 4) is 5.75 Å². The molecule has 1 aromatic carbocycles. The molecule has 3 heteroatoms. The lowest BCUT2D eigenvalue weighted by molar-refractivity contribution is 0.190. The van der Waals surface area contributed by atoms with Gasteiger partial charge in [0.25, 0.3) is 0 Å². The fourth-order valence-electron chi connectivity index (χ4n) is 1.98. The molecule has 102 valence electrons. The number of para-hydroxylation sites is 1. The molecule has 18 heavy (non-hydrogen) atoms. The van der Waals surface area contributed by atoms with Crippen molar-refractivity contribution in [1.82, 2.24) is 4.90 Å². The summed E-state index contributed by atoms with van der Waals surface area (Å²) in [6, 6.07) is 6.09. The van der Waals surface area contributed by atoms with Crippen LogP contribution in [0.4, 0.5) is 0 Å². The molecule has 0 aliphatic rings. The fraction of sp³-hybridized carbons (Fsp3) is 0.600. The van der Waals surface area contributed by atoms with E-state index in [1.807, 2.05) is 12.1 Å². The minimum absolute atomic E-state index is 0.226. The number of phenolic OH excluding ortho intramolecular Hbond substituents is 1. The zero-order chi connectivity index (χ0) is 13.5. The molecule has 1 aromatic rings. The third-order valence-electron chi connectivity index (χ3n) is 3.46. The fourth-order valence-corrected chi connectivity index (χ4v) is 2.18. The molecule has 1 atom stereocenters. The monoisotopic (exact) mass is 269 g/mol. The minimum atomic E-state index is 0.226. The Morgan fingerprint density at radius 1 is 1.33 bits per heavy atom. The Balaban J connectivity index is 2.78. The first-order valence-corrected chi connectivity index (χ1v) is 7.18. The van der Waals surface area contributed by atoms with Gasteiger partial charge in [-0.25, -0.2) is 0 Å². The lowest BCUT2D eigenvalue weighted by atomic mass is 10.1. The molecule has 2 nitrogen and oxygen atoms in total. The first-order valence-electron chi connectivity index (χ1n) is 6.80. The molecule has 0 heterocycles. The highest BCUT2D eigenvalue weighted by molar-refractivity contribution is 6.32. The second-order valence-electron chi connectivity index (χ2n) is 4.83. The molecule has 0 bridgehead atoms. The Morgan fingerprint density at radius 3 is 2.67 bits per heavy atom. The molecule has 0 aromatic heterocycles. The second kappa shape index (κ2) is 7.65. The molecular formula is C15H24ClNO. The van der Waals surface area contributed by atoms with Gasteiger partial charge < -0.3 is 5.11 Å². The summed E-state index contributed by atoms with van der Waals surface area (Å²) >= 11 is 5.95. The Hall–Kier alpha value is -0.730. The molecular weight excluding hydrogens is 246 g/mol. The Bertz CT molecular complexity index is 368. The number of halogens is 1. The summed E-state index contributed by atoms with van der Waals surface area (Å²) in [5, 5.41) is 10.4. The Labute approximate surface area is 116 Å². The molecule has 0 saturated heterocycles. The first-order chi connectivity index (χ1) is 8.60. The van der Waals surface area contributed by atoms with Crippen LogP contribution in [0.2, 0.25) is 5.02 Å². The van der Waals surface area contributed by atoms with Crippen LogP contribution in [0.1, 0.15) is 45.6 Å². The first kappa shape index (κ1) is 15.3. The number of unbranched alkanes of at least 4 members (excludes halogenated alkanes) is 1. The maximum Gasteiger partial charge on any atom is 0.138 e. The van der Waals surface area contributed by atoms with Gasteiger partial charge in [-0.3, -0.25) is 4.90 Å². The van der Waals surface area contributed by atoms with Crippen LogP contribution >= 0.6 is 11.6 Å². The van der Waals surface area contributed by atoms with Gasteiger partial charge in [0.15, 0.2) is 0 Å². The number of benzene rings is 1. The predicted molar refractivity (Wildman–Crippen MR) is 78.2 cm³/mol. The zero-order valence-electron chi connectivity index (χ0n) is 11.6. The average molecular weight is 270 g/mol. The smallest absolute Gasteiger partial charge is 0.138 e. The van der Waals surface area contributed by atoms with E-state index in [4.69, 9.17) is 11.6 Å². The number of aromatic hydroxyl groups is 1. The van der Waals surface area contributed by atoms with E-state index in [1.165, 1.54) is 12.8 Å². The average Bonchev–Trinajstić information content (AvgIpc) is 2.38. The largest absolute Gasteiger partial charge is 0.506 e. The van der Waals surface area contributed by atoms with Gasteiger partial charge in [0.05, 0.1) is 5.02 Å². The molecule has 0 aliphatic carbocycles. The molecule has 1 unspecified atom stereocenters. The van der Waals surface area contributed by atoms with Gasteiger partial charge in [-0.15, -0.1) is 0 Å². The standard InChI is InChI=1S/C15H24ClNO/c1-4-6-10-17(12(3)5-2)11-13-8-7-9-14(16)15(13)18/h7-9,12,18H,4-6,10-11H2,1-3H3. The van der Waals surface area contributed by atoms with E-state index in [9.17, 15) is 5.11 Å². The molecule has 1 rings (SSSR count).